The second-order valence-corrected chi connectivity index (χ2v) is 5.97. The summed E-state index contributed by atoms with van der Waals surface area (Å²) in [5.74, 6) is 2.97. The van der Waals surface area contributed by atoms with Crippen molar-refractivity contribution in [1.29, 1.82) is 0 Å². The summed E-state index contributed by atoms with van der Waals surface area (Å²) >= 11 is 0. The van der Waals surface area contributed by atoms with Gasteiger partial charge in [-0.1, -0.05) is 12.1 Å². The SMILES string of the molecule is COc1cccc(Nc2cc(Nc3ccc(C)c(C)c3)nc(C)n2)c1. The highest BCUT2D eigenvalue weighted by atomic mass is 16.5. The predicted octanol–water partition coefficient (Wildman–Crippen LogP) is 4.90. The lowest BCUT2D eigenvalue weighted by atomic mass is 10.1. The molecule has 0 atom stereocenters. The first kappa shape index (κ1) is 16.8. The lowest BCUT2D eigenvalue weighted by molar-refractivity contribution is 0.415. The van der Waals surface area contributed by atoms with Crippen LogP contribution in [0.4, 0.5) is 23.0 Å². The third kappa shape index (κ3) is 4.26. The maximum absolute atomic E-state index is 5.25. The molecule has 2 aromatic carbocycles. The van der Waals surface area contributed by atoms with Crippen molar-refractivity contribution in [3.05, 3.63) is 65.5 Å². The highest BCUT2D eigenvalue weighted by molar-refractivity contribution is 5.64. The first-order valence-corrected chi connectivity index (χ1v) is 8.14. The van der Waals surface area contributed by atoms with Gasteiger partial charge in [-0.15, -0.1) is 0 Å². The molecule has 1 heterocycles. The van der Waals surface area contributed by atoms with E-state index in [9.17, 15) is 0 Å². The molecule has 1 aromatic heterocycles. The van der Waals surface area contributed by atoms with Crippen LogP contribution in [0.25, 0.3) is 0 Å². The molecule has 5 nitrogen and oxygen atoms in total. The van der Waals surface area contributed by atoms with Gasteiger partial charge in [-0.3, -0.25) is 0 Å². The molecule has 0 radical (unpaired) electrons. The van der Waals surface area contributed by atoms with Gasteiger partial charge in [0.1, 0.15) is 23.2 Å². The minimum Gasteiger partial charge on any atom is -0.497 e. The first-order chi connectivity index (χ1) is 12.0. The van der Waals surface area contributed by atoms with Crippen LogP contribution in [0.1, 0.15) is 17.0 Å². The number of rotatable bonds is 5. The number of benzene rings is 2. The third-order valence-corrected chi connectivity index (χ3v) is 3.96. The van der Waals surface area contributed by atoms with Gasteiger partial charge < -0.3 is 15.4 Å². The average Bonchev–Trinajstić information content (AvgIpc) is 2.58. The number of methoxy groups -OCH3 is 1. The summed E-state index contributed by atoms with van der Waals surface area (Å²) in [6.07, 6.45) is 0. The quantitative estimate of drug-likeness (QED) is 0.695. The van der Waals surface area contributed by atoms with E-state index in [4.69, 9.17) is 4.74 Å². The van der Waals surface area contributed by atoms with Crippen LogP contribution in [-0.2, 0) is 0 Å². The highest BCUT2D eigenvalue weighted by Crippen LogP contribution is 2.23. The maximum atomic E-state index is 5.25. The molecule has 0 spiro atoms. The van der Waals surface area contributed by atoms with E-state index in [2.05, 4.69) is 52.6 Å². The summed E-state index contributed by atoms with van der Waals surface area (Å²) in [6, 6.07) is 15.9. The maximum Gasteiger partial charge on any atom is 0.136 e. The van der Waals surface area contributed by atoms with Crippen LogP contribution in [0, 0.1) is 20.8 Å². The van der Waals surface area contributed by atoms with Crippen molar-refractivity contribution in [3.63, 3.8) is 0 Å². The summed E-state index contributed by atoms with van der Waals surface area (Å²) in [6.45, 7) is 6.08. The van der Waals surface area contributed by atoms with Crippen LogP contribution < -0.4 is 15.4 Å². The van der Waals surface area contributed by atoms with Crippen LogP contribution in [0.2, 0.25) is 0 Å². The number of hydrogen-bond donors (Lipinski definition) is 2. The van der Waals surface area contributed by atoms with Gasteiger partial charge in [0.05, 0.1) is 7.11 Å². The predicted molar refractivity (Wildman–Crippen MR) is 102 cm³/mol. The molecule has 5 heteroatoms. The van der Waals surface area contributed by atoms with Gasteiger partial charge in [-0.25, -0.2) is 9.97 Å². The molecule has 0 amide bonds. The second-order valence-electron chi connectivity index (χ2n) is 5.97. The van der Waals surface area contributed by atoms with E-state index in [1.165, 1.54) is 11.1 Å². The number of aryl methyl sites for hydroxylation is 3. The van der Waals surface area contributed by atoms with Crippen LogP contribution in [0.5, 0.6) is 5.75 Å². The van der Waals surface area contributed by atoms with E-state index < -0.39 is 0 Å². The monoisotopic (exact) mass is 334 g/mol. The van der Waals surface area contributed by atoms with Gasteiger partial charge in [0.15, 0.2) is 0 Å². The smallest absolute Gasteiger partial charge is 0.136 e. The Morgan fingerprint density at radius 2 is 1.44 bits per heavy atom. The summed E-state index contributed by atoms with van der Waals surface area (Å²) in [5, 5.41) is 6.64. The van der Waals surface area contributed by atoms with E-state index in [0.29, 0.717) is 5.82 Å². The Morgan fingerprint density at radius 3 is 2.08 bits per heavy atom. The minimum absolute atomic E-state index is 0.694. The van der Waals surface area contributed by atoms with Crippen molar-refractivity contribution in [2.75, 3.05) is 17.7 Å². The number of aromatic nitrogens is 2. The molecule has 0 bridgehead atoms. The number of nitrogens with zero attached hydrogens (tertiary/aromatic N) is 2. The van der Waals surface area contributed by atoms with Crippen LogP contribution in [0.3, 0.4) is 0 Å². The number of nitrogens with one attached hydrogen (secondary N) is 2. The summed E-state index contributed by atoms with van der Waals surface area (Å²) in [5.41, 5.74) is 4.43. The van der Waals surface area contributed by atoms with Crippen molar-refractivity contribution in [2.45, 2.75) is 20.8 Å². The van der Waals surface area contributed by atoms with E-state index >= 15 is 0 Å². The Labute approximate surface area is 148 Å². The summed E-state index contributed by atoms with van der Waals surface area (Å²) < 4.78 is 5.25. The molecule has 25 heavy (non-hydrogen) atoms. The van der Waals surface area contributed by atoms with Crippen molar-refractivity contribution in [3.8, 4) is 5.75 Å². The average molecular weight is 334 g/mol. The zero-order chi connectivity index (χ0) is 17.8. The van der Waals surface area contributed by atoms with Gasteiger partial charge in [0.2, 0.25) is 0 Å². The van der Waals surface area contributed by atoms with Gasteiger partial charge in [0.25, 0.3) is 0 Å². The topological polar surface area (TPSA) is 59.1 Å². The molecular formula is C20H22N4O. The number of anilines is 4. The zero-order valence-corrected chi connectivity index (χ0v) is 14.9. The van der Waals surface area contributed by atoms with E-state index in [-0.39, 0.29) is 0 Å². The Morgan fingerprint density at radius 1 is 0.760 bits per heavy atom. The fraction of sp³-hybridized carbons (Fsp3) is 0.200. The van der Waals surface area contributed by atoms with Crippen LogP contribution in [0.15, 0.2) is 48.5 Å². The molecule has 3 aromatic rings. The summed E-state index contributed by atoms with van der Waals surface area (Å²) in [7, 11) is 1.65. The van der Waals surface area contributed by atoms with Crippen molar-refractivity contribution in [1.82, 2.24) is 9.97 Å². The fourth-order valence-electron chi connectivity index (χ4n) is 2.51. The lowest BCUT2D eigenvalue weighted by Gasteiger charge is -2.12. The standard InChI is InChI=1S/C20H22N4O/c1-13-8-9-17(10-14(13)2)24-20-12-19(21-15(3)22-20)23-16-6-5-7-18(11-16)25-4/h5-12H,1-4H3,(H2,21,22,23,24). The fourth-order valence-corrected chi connectivity index (χ4v) is 2.51. The molecule has 128 valence electrons. The Bertz CT molecular complexity index is 893. The first-order valence-electron chi connectivity index (χ1n) is 8.14. The van der Waals surface area contributed by atoms with Crippen LogP contribution >= 0.6 is 0 Å². The molecule has 0 aliphatic heterocycles. The normalized spacial score (nSPS) is 10.4. The zero-order valence-electron chi connectivity index (χ0n) is 14.9. The molecule has 0 saturated heterocycles. The van der Waals surface area contributed by atoms with E-state index in [0.717, 1.165) is 28.8 Å². The van der Waals surface area contributed by atoms with Crippen molar-refractivity contribution in [2.24, 2.45) is 0 Å². The Hall–Kier alpha value is -3.08. The summed E-state index contributed by atoms with van der Waals surface area (Å²) in [4.78, 5) is 8.92. The Balaban J connectivity index is 1.83. The number of hydrogen-bond acceptors (Lipinski definition) is 5. The molecule has 0 aliphatic carbocycles. The molecule has 0 saturated carbocycles. The van der Waals surface area contributed by atoms with Crippen LogP contribution in [-0.4, -0.2) is 17.1 Å². The molecule has 2 N–H and O–H groups in total. The highest BCUT2D eigenvalue weighted by Gasteiger charge is 2.05. The Kier molecular flexibility index (Phi) is 4.84. The molecule has 0 aliphatic rings. The molecule has 0 fully saturated rings. The van der Waals surface area contributed by atoms with Gasteiger partial charge in [-0.2, -0.15) is 0 Å². The largest absolute Gasteiger partial charge is 0.497 e. The number of ether oxygens (including phenoxy) is 1. The lowest BCUT2D eigenvalue weighted by Crippen LogP contribution is -2.02. The third-order valence-electron chi connectivity index (χ3n) is 3.96. The van der Waals surface area contributed by atoms with Gasteiger partial charge >= 0.3 is 0 Å². The van der Waals surface area contributed by atoms with Crippen molar-refractivity contribution >= 4 is 23.0 Å². The van der Waals surface area contributed by atoms with Gasteiger partial charge in [-0.05, 0) is 56.2 Å². The van der Waals surface area contributed by atoms with Gasteiger partial charge in [0, 0.05) is 23.5 Å². The molecule has 3 rings (SSSR count). The van der Waals surface area contributed by atoms with E-state index in [1.54, 1.807) is 7.11 Å². The minimum atomic E-state index is 0.694. The second kappa shape index (κ2) is 7.21. The molecular weight excluding hydrogens is 312 g/mol. The van der Waals surface area contributed by atoms with Crippen molar-refractivity contribution < 1.29 is 4.74 Å². The van der Waals surface area contributed by atoms with E-state index in [1.807, 2.05) is 37.3 Å². The molecule has 0 unspecified atom stereocenters.